The van der Waals surface area contributed by atoms with Gasteiger partial charge in [-0.3, -0.25) is 14.3 Å². The smallest absolute Gasteiger partial charge is 0.298 e. The molecule has 2 amide bonds. The lowest BCUT2D eigenvalue weighted by Gasteiger charge is -2.27. The maximum Gasteiger partial charge on any atom is 0.298 e. The molecule has 1 fully saturated rings. The van der Waals surface area contributed by atoms with Crippen molar-refractivity contribution in [2.75, 3.05) is 18.8 Å². The van der Waals surface area contributed by atoms with Crippen molar-refractivity contribution in [3.8, 4) is 23.1 Å². The van der Waals surface area contributed by atoms with Crippen LogP contribution in [0.2, 0.25) is 0 Å². The lowest BCUT2D eigenvalue weighted by Crippen LogP contribution is -2.34. The number of carbonyl (C=O) groups is 2. The first-order valence-corrected chi connectivity index (χ1v) is 11.5. The second-order valence-corrected chi connectivity index (χ2v) is 8.58. The molecule has 1 aromatic carbocycles. The normalized spacial score (nSPS) is 14.6. The molecule has 3 heterocycles. The molecule has 9 nitrogen and oxygen atoms in total. The Kier molecular flexibility index (Phi) is 7.15. The van der Waals surface area contributed by atoms with E-state index in [-0.39, 0.29) is 29.1 Å². The van der Waals surface area contributed by atoms with Gasteiger partial charge in [0.05, 0.1) is 18.8 Å². The van der Waals surface area contributed by atoms with Gasteiger partial charge in [0, 0.05) is 24.8 Å². The third-order valence-corrected chi connectivity index (χ3v) is 6.13. The van der Waals surface area contributed by atoms with Crippen LogP contribution in [0, 0.1) is 17.7 Å². The number of benzene rings is 1. The van der Waals surface area contributed by atoms with Crippen molar-refractivity contribution in [1.29, 1.82) is 0 Å². The predicted molar refractivity (Wildman–Crippen MR) is 129 cm³/mol. The average Bonchev–Trinajstić information content (AvgIpc) is 3.38. The second kappa shape index (κ2) is 10.4. The molecule has 2 aromatic heterocycles. The molecule has 1 aliphatic heterocycles. The zero-order valence-electron chi connectivity index (χ0n) is 19.6. The summed E-state index contributed by atoms with van der Waals surface area (Å²) >= 11 is 0. The highest BCUT2D eigenvalue weighted by molar-refractivity contribution is 6.03. The SMILES string of the molecule is CC#CC(=O)N1CCCC(n2nc(-c3cnn(Cc4cccc(F)c4)c3)c(C(N)=O)c2N)CCC1. The molecule has 1 aliphatic rings. The van der Waals surface area contributed by atoms with Gasteiger partial charge in [-0.25, -0.2) is 9.07 Å². The van der Waals surface area contributed by atoms with Crippen LogP contribution in [0.4, 0.5) is 10.2 Å². The van der Waals surface area contributed by atoms with Gasteiger partial charge in [-0.15, -0.1) is 0 Å². The minimum atomic E-state index is -0.664. The number of hydrogen-bond donors (Lipinski definition) is 2. The summed E-state index contributed by atoms with van der Waals surface area (Å²) in [5, 5.41) is 9.03. The summed E-state index contributed by atoms with van der Waals surface area (Å²) in [7, 11) is 0. The molecule has 35 heavy (non-hydrogen) atoms. The van der Waals surface area contributed by atoms with Crippen LogP contribution < -0.4 is 11.5 Å². The standard InChI is InChI=1S/C25H28FN7O2/c1-2-6-21(34)31-11-4-9-20(10-5-12-31)33-24(27)22(25(28)35)23(30-33)18-14-29-32(16-18)15-17-7-3-8-19(26)13-17/h3,7-8,13-14,16,20H,4-5,9-12,15,27H2,1H3,(H2,28,35). The minimum absolute atomic E-state index is 0.0290. The molecule has 10 heteroatoms. The van der Waals surface area contributed by atoms with Gasteiger partial charge in [-0.1, -0.05) is 18.1 Å². The van der Waals surface area contributed by atoms with Crippen LogP contribution in [0.1, 0.15) is 54.6 Å². The quantitative estimate of drug-likeness (QED) is 0.547. The number of nitrogen functional groups attached to an aromatic ring is 1. The zero-order valence-corrected chi connectivity index (χ0v) is 19.6. The van der Waals surface area contributed by atoms with Crippen molar-refractivity contribution < 1.29 is 14.0 Å². The van der Waals surface area contributed by atoms with Crippen LogP contribution in [0.3, 0.4) is 0 Å². The van der Waals surface area contributed by atoms with Crippen molar-refractivity contribution in [3.63, 3.8) is 0 Å². The van der Waals surface area contributed by atoms with Gasteiger partial charge in [0.2, 0.25) is 0 Å². The Morgan fingerprint density at radius 3 is 2.63 bits per heavy atom. The van der Waals surface area contributed by atoms with Crippen LogP contribution in [0.25, 0.3) is 11.3 Å². The number of carbonyl (C=O) groups excluding carboxylic acids is 2. The largest absolute Gasteiger partial charge is 0.383 e. The molecule has 0 atom stereocenters. The Morgan fingerprint density at radius 1 is 1.23 bits per heavy atom. The lowest BCUT2D eigenvalue weighted by molar-refractivity contribution is -0.125. The number of aromatic nitrogens is 4. The van der Waals surface area contributed by atoms with Gasteiger partial charge in [-0.05, 0) is 56.2 Å². The van der Waals surface area contributed by atoms with Gasteiger partial charge >= 0.3 is 0 Å². The van der Waals surface area contributed by atoms with Crippen molar-refractivity contribution >= 4 is 17.6 Å². The molecule has 4 N–H and O–H groups in total. The monoisotopic (exact) mass is 477 g/mol. The van der Waals surface area contributed by atoms with E-state index in [0.29, 0.717) is 30.9 Å². The summed E-state index contributed by atoms with van der Waals surface area (Å²) in [5.74, 6) is 4.34. The number of halogens is 1. The Hall–Kier alpha value is -4.13. The molecular weight excluding hydrogens is 449 g/mol. The summed E-state index contributed by atoms with van der Waals surface area (Å²) in [5.41, 5.74) is 13.9. The van der Waals surface area contributed by atoms with E-state index in [1.807, 2.05) is 6.07 Å². The summed E-state index contributed by atoms with van der Waals surface area (Å²) in [6.07, 6.45) is 6.33. The highest BCUT2D eigenvalue weighted by Gasteiger charge is 2.27. The van der Waals surface area contributed by atoms with E-state index in [4.69, 9.17) is 11.5 Å². The first kappa shape index (κ1) is 24.0. The highest BCUT2D eigenvalue weighted by Crippen LogP contribution is 2.32. The zero-order chi connectivity index (χ0) is 24.9. The maximum atomic E-state index is 13.5. The number of anilines is 1. The molecule has 0 bridgehead atoms. The first-order valence-electron chi connectivity index (χ1n) is 11.5. The fraction of sp³-hybridized carbons (Fsp3) is 0.360. The highest BCUT2D eigenvalue weighted by atomic mass is 19.1. The first-order chi connectivity index (χ1) is 16.9. The van der Waals surface area contributed by atoms with Crippen molar-refractivity contribution in [3.05, 3.63) is 53.6 Å². The molecule has 0 unspecified atom stereocenters. The van der Waals surface area contributed by atoms with Gasteiger partial charge < -0.3 is 16.4 Å². The Labute approximate surface area is 202 Å². The van der Waals surface area contributed by atoms with Crippen LogP contribution in [-0.4, -0.2) is 49.4 Å². The van der Waals surface area contributed by atoms with Crippen LogP contribution in [0.5, 0.6) is 0 Å². The lowest BCUT2D eigenvalue weighted by atomic mass is 10.0. The summed E-state index contributed by atoms with van der Waals surface area (Å²) < 4.78 is 16.8. The number of primary amides is 1. The number of likely N-dealkylation sites (tertiary alicyclic amines) is 1. The van der Waals surface area contributed by atoms with Crippen molar-refractivity contribution in [2.45, 2.75) is 45.2 Å². The molecular formula is C25H28FN7O2. The van der Waals surface area contributed by atoms with E-state index < -0.39 is 5.91 Å². The fourth-order valence-electron chi connectivity index (χ4n) is 4.49. The number of rotatable bonds is 5. The number of amides is 2. The van der Waals surface area contributed by atoms with Crippen LogP contribution in [-0.2, 0) is 11.3 Å². The topological polar surface area (TPSA) is 125 Å². The third kappa shape index (κ3) is 5.35. The van der Waals surface area contributed by atoms with E-state index in [9.17, 15) is 14.0 Å². The van der Waals surface area contributed by atoms with E-state index >= 15 is 0 Å². The molecule has 3 aromatic rings. The van der Waals surface area contributed by atoms with E-state index in [1.165, 1.54) is 12.1 Å². The maximum absolute atomic E-state index is 13.5. The van der Waals surface area contributed by atoms with Gasteiger partial charge in [-0.2, -0.15) is 10.2 Å². The van der Waals surface area contributed by atoms with Crippen LogP contribution >= 0.6 is 0 Å². The van der Waals surface area contributed by atoms with Crippen molar-refractivity contribution in [2.24, 2.45) is 5.73 Å². The number of nitrogens with two attached hydrogens (primary N) is 2. The second-order valence-electron chi connectivity index (χ2n) is 8.58. The Bertz CT molecular complexity index is 1290. The van der Waals surface area contributed by atoms with E-state index in [1.54, 1.807) is 39.6 Å². The van der Waals surface area contributed by atoms with Gasteiger partial charge in [0.15, 0.2) is 0 Å². The van der Waals surface area contributed by atoms with Gasteiger partial charge in [0.25, 0.3) is 11.8 Å². The predicted octanol–water partition coefficient (Wildman–Crippen LogP) is 2.58. The molecule has 182 valence electrons. The van der Waals surface area contributed by atoms with E-state index in [0.717, 1.165) is 31.2 Å². The summed E-state index contributed by atoms with van der Waals surface area (Å²) in [6.45, 7) is 3.22. The number of nitrogens with zero attached hydrogens (tertiary/aromatic N) is 5. The number of hydrogen-bond acceptors (Lipinski definition) is 5. The average molecular weight is 478 g/mol. The van der Waals surface area contributed by atoms with Gasteiger partial charge in [0.1, 0.15) is 22.9 Å². The molecule has 0 aliphatic carbocycles. The van der Waals surface area contributed by atoms with Crippen molar-refractivity contribution in [1.82, 2.24) is 24.5 Å². The Balaban J connectivity index is 1.56. The molecule has 0 spiro atoms. The molecule has 0 radical (unpaired) electrons. The Morgan fingerprint density at radius 2 is 1.97 bits per heavy atom. The molecule has 4 rings (SSSR count). The summed E-state index contributed by atoms with van der Waals surface area (Å²) in [4.78, 5) is 26.2. The molecule has 0 saturated carbocycles. The van der Waals surface area contributed by atoms with E-state index in [2.05, 4.69) is 22.0 Å². The third-order valence-electron chi connectivity index (χ3n) is 6.13. The fourth-order valence-corrected chi connectivity index (χ4v) is 4.49. The van der Waals surface area contributed by atoms with Crippen LogP contribution in [0.15, 0.2) is 36.7 Å². The summed E-state index contributed by atoms with van der Waals surface area (Å²) in [6, 6.07) is 6.25. The molecule has 1 saturated heterocycles. The minimum Gasteiger partial charge on any atom is -0.383 e.